The number of piperidine rings is 1. The molecule has 0 spiro atoms. The number of amidine groups is 1. The molecule has 1 aliphatic heterocycles. The Morgan fingerprint density at radius 3 is 2.24 bits per heavy atom. The van der Waals surface area contributed by atoms with Crippen LogP contribution in [0.5, 0.6) is 0 Å². The van der Waals surface area contributed by atoms with E-state index in [1.165, 1.54) is 5.56 Å². The Labute approximate surface area is 264 Å². The summed E-state index contributed by atoms with van der Waals surface area (Å²) in [5, 5.41) is 9.59. The molecule has 1 saturated heterocycles. The first kappa shape index (κ1) is 32.7. The van der Waals surface area contributed by atoms with Gasteiger partial charge in [0.1, 0.15) is 0 Å². The van der Waals surface area contributed by atoms with Crippen LogP contribution in [0.25, 0.3) is 33.5 Å². The van der Waals surface area contributed by atoms with E-state index in [2.05, 4.69) is 67.5 Å². The van der Waals surface area contributed by atoms with Crippen LogP contribution in [0, 0.1) is 5.41 Å². The summed E-state index contributed by atoms with van der Waals surface area (Å²) in [6.45, 7) is 3.48. The molecule has 1 fully saturated rings. The Balaban J connectivity index is 0.00000148. The highest BCUT2D eigenvalue weighted by Gasteiger charge is 2.22. The molecule has 5 rings (SSSR count). The average molecular weight is 607 g/mol. The van der Waals surface area contributed by atoms with E-state index in [1.54, 1.807) is 7.05 Å². The molecule has 12 heteroatoms. The molecule has 1 aliphatic rings. The lowest BCUT2D eigenvalue weighted by molar-refractivity contribution is 0.168. The van der Waals surface area contributed by atoms with Crippen LogP contribution in [-0.4, -0.2) is 71.0 Å². The van der Waals surface area contributed by atoms with Crippen molar-refractivity contribution in [3.8, 4) is 22.5 Å². The molecule has 3 aromatic carbocycles. The Morgan fingerprint density at radius 1 is 1.00 bits per heavy atom. The molecule has 0 unspecified atom stereocenters. The quantitative estimate of drug-likeness (QED) is 0.0718. The van der Waals surface area contributed by atoms with E-state index < -0.39 is 0 Å². The normalized spacial score (nSPS) is 14.4. The Morgan fingerprint density at radius 2 is 1.64 bits per heavy atom. The number of nitrogens with zero attached hydrogens (tertiary/aromatic N) is 6. The van der Waals surface area contributed by atoms with Gasteiger partial charge in [-0.2, -0.15) is 5.10 Å². The first-order valence-electron chi connectivity index (χ1n) is 14.8. The SMILES string of the molecule is CN=CN(/C=C/CN)C1CCN(Cc2ccc(-c3nc4cc(/C(=N/N)NN)ccc4nc3-c3ccccc3)cc2)CC1.N=CN. The van der Waals surface area contributed by atoms with Gasteiger partial charge in [0.25, 0.3) is 0 Å². The van der Waals surface area contributed by atoms with Crippen LogP contribution in [0.3, 0.4) is 0 Å². The highest BCUT2D eigenvalue weighted by Crippen LogP contribution is 2.31. The standard InChI is InChI=1S/C32H38N10.CH4N2/c1-36-22-42(17-5-16-33)27-14-18-41(19-15-27)21-23-8-10-25(11-9-23)31-30(24-6-3-2-4-7-24)37-28-13-12-26(20-29(28)38-31)32(39-34)40-35;2-1-3/h2-13,17,20,22,27H,14-16,18-19,21,33-35H2,1H3,(H,39,40);1H,(H3,2,3)/b17-5+,36-22?;. The second kappa shape index (κ2) is 16.6. The van der Waals surface area contributed by atoms with Gasteiger partial charge in [-0.25, -0.2) is 15.8 Å². The molecule has 2 heterocycles. The molecule has 1 aromatic heterocycles. The summed E-state index contributed by atoms with van der Waals surface area (Å²) in [4.78, 5) is 19.0. The minimum absolute atomic E-state index is 0.374. The molecule has 0 bridgehead atoms. The van der Waals surface area contributed by atoms with Crippen molar-refractivity contribution in [3.63, 3.8) is 0 Å². The van der Waals surface area contributed by atoms with Crippen LogP contribution < -0.4 is 28.6 Å². The van der Waals surface area contributed by atoms with Gasteiger partial charge in [0.2, 0.25) is 0 Å². The Hall–Kier alpha value is -5.17. The van der Waals surface area contributed by atoms with Crippen molar-refractivity contribution in [2.24, 2.45) is 33.2 Å². The number of fused-ring (bicyclic) bond motifs is 1. The summed E-state index contributed by atoms with van der Waals surface area (Å²) in [5.74, 6) is 11.5. The monoisotopic (exact) mass is 606 g/mol. The summed E-state index contributed by atoms with van der Waals surface area (Å²) in [6.07, 6.45) is 8.81. The zero-order chi connectivity index (χ0) is 32.0. The minimum Gasteiger partial charge on any atom is -0.390 e. The Kier molecular flexibility index (Phi) is 12.1. The summed E-state index contributed by atoms with van der Waals surface area (Å²) in [5.41, 5.74) is 19.7. The van der Waals surface area contributed by atoms with Gasteiger partial charge in [-0.1, -0.05) is 60.7 Å². The molecule has 0 atom stereocenters. The smallest absolute Gasteiger partial charge is 0.166 e. The van der Waals surface area contributed by atoms with Crippen molar-refractivity contribution in [1.29, 1.82) is 5.41 Å². The summed E-state index contributed by atoms with van der Waals surface area (Å²) in [6, 6.07) is 24.9. The predicted molar refractivity (Wildman–Crippen MR) is 184 cm³/mol. The number of hydrogen-bond donors (Lipinski definition) is 6. The van der Waals surface area contributed by atoms with Gasteiger partial charge in [-0.15, -0.1) is 0 Å². The van der Waals surface area contributed by atoms with E-state index in [0.29, 0.717) is 18.4 Å². The van der Waals surface area contributed by atoms with Crippen molar-refractivity contribution < 1.29 is 0 Å². The molecule has 234 valence electrons. The van der Waals surface area contributed by atoms with Crippen LogP contribution in [-0.2, 0) is 6.54 Å². The van der Waals surface area contributed by atoms with E-state index in [1.807, 2.05) is 55.0 Å². The van der Waals surface area contributed by atoms with Gasteiger partial charge in [0.15, 0.2) is 5.84 Å². The lowest BCUT2D eigenvalue weighted by Gasteiger charge is -2.36. The fraction of sp³-hybridized carbons (Fsp3) is 0.242. The first-order valence-corrected chi connectivity index (χ1v) is 14.8. The molecule has 4 aromatic rings. The number of nitrogens with two attached hydrogens (primary N) is 4. The maximum absolute atomic E-state index is 5.86. The molecule has 0 aliphatic carbocycles. The van der Waals surface area contributed by atoms with Crippen LogP contribution in [0.4, 0.5) is 0 Å². The number of nitrogens with one attached hydrogen (secondary N) is 2. The second-order valence-corrected chi connectivity index (χ2v) is 10.4. The Bertz CT molecular complexity index is 1610. The lowest BCUT2D eigenvalue weighted by Crippen LogP contribution is -2.42. The van der Waals surface area contributed by atoms with E-state index in [4.69, 9.17) is 32.8 Å². The van der Waals surface area contributed by atoms with Crippen molar-refractivity contribution in [2.75, 3.05) is 26.7 Å². The third kappa shape index (κ3) is 8.48. The van der Waals surface area contributed by atoms with Crippen LogP contribution >= 0.6 is 0 Å². The number of hydrazone groups is 1. The third-order valence-electron chi connectivity index (χ3n) is 7.53. The minimum atomic E-state index is 0.374. The molecule has 12 nitrogen and oxygen atoms in total. The van der Waals surface area contributed by atoms with Crippen molar-refractivity contribution in [1.82, 2.24) is 25.2 Å². The first-order chi connectivity index (χ1) is 22.0. The average Bonchev–Trinajstić information content (AvgIpc) is 3.08. The highest BCUT2D eigenvalue weighted by atomic mass is 15.3. The summed E-state index contributed by atoms with van der Waals surface area (Å²) >= 11 is 0. The number of hydrogen-bond acceptors (Lipinski definition) is 9. The molecule has 0 saturated carbocycles. The van der Waals surface area contributed by atoms with Crippen LogP contribution in [0.1, 0.15) is 24.0 Å². The van der Waals surface area contributed by atoms with Gasteiger partial charge in [0.05, 0.1) is 35.1 Å². The van der Waals surface area contributed by atoms with Gasteiger partial charge >= 0.3 is 0 Å². The van der Waals surface area contributed by atoms with E-state index >= 15 is 0 Å². The number of aromatic nitrogens is 2. The topological polar surface area (TPSA) is 197 Å². The molecule has 0 amide bonds. The molecule has 0 radical (unpaired) electrons. The zero-order valence-corrected chi connectivity index (χ0v) is 25.6. The van der Waals surface area contributed by atoms with Crippen molar-refractivity contribution >= 4 is 29.5 Å². The number of aliphatic imine (C=N–C) groups is 1. The van der Waals surface area contributed by atoms with Gasteiger partial charge < -0.3 is 27.6 Å². The van der Waals surface area contributed by atoms with Gasteiger partial charge in [-0.3, -0.25) is 15.3 Å². The van der Waals surface area contributed by atoms with Crippen molar-refractivity contribution in [2.45, 2.75) is 25.4 Å². The fourth-order valence-corrected chi connectivity index (χ4v) is 5.37. The number of benzene rings is 3. The van der Waals surface area contributed by atoms with Crippen molar-refractivity contribution in [3.05, 3.63) is 96.2 Å². The molecular weight excluding hydrogens is 564 g/mol. The third-order valence-corrected chi connectivity index (χ3v) is 7.53. The maximum Gasteiger partial charge on any atom is 0.166 e. The largest absolute Gasteiger partial charge is 0.390 e. The molecule has 10 N–H and O–H groups in total. The van der Waals surface area contributed by atoms with E-state index in [0.717, 1.165) is 77.9 Å². The van der Waals surface area contributed by atoms with E-state index in [9.17, 15) is 0 Å². The van der Waals surface area contributed by atoms with Crippen LogP contribution in [0.2, 0.25) is 0 Å². The van der Waals surface area contributed by atoms with Crippen LogP contribution in [0.15, 0.2) is 95.2 Å². The van der Waals surface area contributed by atoms with E-state index in [-0.39, 0.29) is 0 Å². The lowest BCUT2D eigenvalue weighted by atomic mass is 10.0. The second-order valence-electron chi connectivity index (χ2n) is 10.4. The summed E-state index contributed by atoms with van der Waals surface area (Å²) < 4.78 is 0. The fourth-order valence-electron chi connectivity index (χ4n) is 5.37. The zero-order valence-electron chi connectivity index (χ0n) is 25.6. The number of likely N-dealkylation sites (tertiary alicyclic amines) is 1. The maximum atomic E-state index is 5.86. The predicted octanol–water partition coefficient (Wildman–Crippen LogP) is 3.00. The van der Waals surface area contributed by atoms with Gasteiger partial charge in [-0.05, 0) is 36.6 Å². The highest BCUT2D eigenvalue weighted by molar-refractivity contribution is 6.01. The molecule has 45 heavy (non-hydrogen) atoms. The molecular formula is C33H42N12. The summed E-state index contributed by atoms with van der Waals surface area (Å²) in [7, 11) is 1.80. The number of rotatable bonds is 9. The van der Waals surface area contributed by atoms with Gasteiger partial charge in [0, 0.05) is 62.2 Å². The number of hydrazine groups is 1.